The fourth-order valence-corrected chi connectivity index (χ4v) is 3.68. The van der Waals surface area contributed by atoms with E-state index >= 15 is 0 Å². The second-order valence-electron chi connectivity index (χ2n) is 7.48. The van der Waals surface area contributed by atoms with E-state index in [1.807, 2.05) is 30.3 Å². The van der Waals surface area contributed by atoms with E-state index in [0.717, 1.165) is 34.6 Å². The molecule has 0 saturated carbocycles. The number of hydrogen-bond donors (Lipinski definition) is 2. The third-order valence-electron chi connectivity index (χ3n) is 5.32. The van der Waals surface area contributed by atoms with Gasteiger partial charge in [0.2, 0.25) is 5.91 Å². The lowest BCUT2D eigenvalue weighted by Crippen LogP contribution is -2.46. The topological polar surface area (TPSA) is 85.4 Å². The van der Waals surface area contributed by atoms with Gasteiger partial charge in [0, 0.05) is 44.3 Å². The van der Waals surface area contributed by atoms with Crippen molar-refractivity contribution in [3.63, 3.8) is 0 Å². The van der Waals surface area contributed by atoms with Crippen molar-refractivity contribution in [2.24, 2.45) is 5.92 Å². The Morgan fingerprint density at radius 1 is 1.03 bits per heavy atom. The van der Waals surface area contributed by atoms with E-state index in [1.165, 1.54) is 0 Å². The minimum atomic E-state index is -0.477. The van der Waals surface area contributed by atoms with Gasteiger partial charge in [-0.1, -0.05) is 6.92 Å². The lowest BCUT2D eigenvalue weighted by Gasteiger charge is -2.32. The number of allylic oxidation sites excluding steroid dienone is 2. The molecule has 156 valence electrons. The summed E-state index contributed by atoms with van der Waals surface area (Å²) in [6.45, 7) is 4.23. The van der Waals surface area contributed by atoms with E-state index in [1.54, 1.807) is 24.8 Å². The number of nitrogens with one attached hydrogen (secondary N) is 2. The van der Waals surface area contributed by atoms with Crippen molar-refractivity contribution >= 4 is 5.91 Å². The molecular weight excluding hydrogens is 380 g/mol. The summed E-state index contributed by atoms with van der Waals surface area (Å²) < 4.78 is 11.5. The summed E-state index contributed by atoms with van der Waals surface area (Å²) in [5, 5.41) is 6.48. The first-order valence-electron chi connectivity index (χ1n) is 10.2. The van der Waals surface area contributed by atoms with Gasteiger partial charge in [-0.15, -0.1) is 0 Å². The van der Waals surface area contributed by atoms with Crippen molar-refractivity contribution in [1.82, 2.24) is 20.6 Å². The largest absolute Gasteiger partial charge is 0.490 e. The normalized spacial score (nSPS) is 19.1. The second-order valence-corrected chi connectivity index (χ2v) is 7.48. The van der Waals surface area contributed by atoms with Gasteiger partial charge in [0.15, 0.2) is 5.76 Å². The van der Waals surface area contributed by atoms with Crippen LogP contribution in [0.3, 0.4) is 0 Å². The van der Waals surface area contributed by atoms with E-state index in [9.17, 15) is 4.79 Å². The van der Waals surface area contributed by atoms with Gasteiger partial charge < -0.3 is 14.8 Å². The van der Waals surface area contributed by atoms with Crippen molar-refractivity contribution in [1.29, 1.82) is 0 Å². The number of ether oxygens (including phenoxy) is 2. The third-order valence-corrected chi connectivity index (χ3v) is 5.32. The maximum atomic E-state index is 13.2. The molecule has 1 amide bonds. The number of rotatable bonds is 7. The molecule has 2 aromatic heterocycles. The third kappa shape index (κ3) is 4.86. The maximum Gasteiger partial charge on any atom is 0.241 e. The zero-order chi connectivity index (χ0) is 20.8. The highest BCUT2D eigenvalue weighted by molar-refractivity contribution is 5.85. The Morgan fingerprint density at radius 2 is 1.67 bits per heavy atom. The molecule has 7 nitrogen and oxygen atoms in total. The lowest BCUT2D eigenvalue weighted by molar-refractivity contribution is -0.122. The summed E-state index contributed by atoms with van der Waals surface area (Å²) >= 11 is 0. The molecule has 0 fully saturated rings. The standard InChI is InChI=1S/C23H26N4O3/c1-16-12-20-21(30-11-10-29-20)13-19(16)22(26-14-17-2-6-24-7-3-17)23(28)27-15-18-4-8-25-9-5-18/h2-9,13,16,22,26H,10-12,14-15H2,1H3,(H,27,28). The smallest absolute Gasteiger partial charge is 0.241 e. The lowest BCUT2D eigenvalue weighted by atomic mass is 9.85. The van der Waals surface area contributed by atoms with Crippen LogP contribution in [0.5, 0.6) is 0 Å². The van der Waals surface area contributed by atoms with Gasteiger partial charge >= 0.3 is 0 Å². The minimum absolute atomic E-state index is 0.0697. The molecule has 0 saturated heterocycles. The number of aromatic nitrogens is 2. The molecule has 2 atom stereocenters. The molecule has 0 aromatic carbocycles. The number of pyridine rings is 2. The predicted molar refractivity (Wildman–Crippen MR) is 112 cm³/mol. The number of nitrogens with zero attached hydrogens (tertiary/aromatic N) is 2. The van der Waals surface area contributed by atoms with Gasteiger partial charge in [0.25, 0.3) is 0 Å². The Balaban J connectivity index is 1.53. The van der Waals surface area contributed by atoms with E-state index in [2.05, 4.69) is 27.5 Å². The number of carbonyl (C=O) groups is 1. The van der Waals surface area contributed by atoms with Crippen molar-refractivity contribution in [2.75, 3.05) is 13.2 Å². The van der Waals surface area contributed by atoms with Gasteiger partial charge in [-0.25, -0.2) is 0 Å². The highest BCUT2D eigenvalue weighted by atomic mass is 16.6. The first kappa shape index (κ1) is 20.1. The molecule has 2 aliphatic rings. The van der Waals surface area contributed by atoms with Crippen LogP contribution in [0.2, 0.25) is 0 Å². The van der Waals surface area contributed by atoms with Gasteiger partial charge in [0.05, 0.1) is 0 Å². The predicted octanol–water partition coefficient (Wildman–Crippen LogP) is 2.48. The highest BCUT2D eigenvalue weighted by Crippen LogP contribution is 2.34. The molecular formula is C23H26N4O3. The summed E-state index contributed by atoms with van der Waals surface area (Å²) in [7, 11) is 0. The molecule has 3 heterocycles. The molecule has 1 aliphatic carbocycles. The van der Waals surface area contributed by atoms with Crippen molar-refractivity contribution in [3.8, 4) is 0 Å². The quantitative estimate of drug-likeness (QED) is 0.735. The van der Waals surface area contributed by atoms with E-state index in [-0.39, 0.29) is 11.8 Å². The molecule has 2 N–H and O–H groups in total. The maximum absolute atomic E-state index is 13.2. The number of carbonyl (C=O) groups excluding carboxylic acids is 1. The summed E-state index contributed by atoms with van der Waals surface area (Å²) in [4.78, 5) is 21.3. The van der Waals surface area contributed by atoms with Gasteiger partial charge in [-0.3, -0.25) is 20.1 Å². The summed E-state index contributed by atoms with van der Waals surface area (Å²) in [5.74, 6) is 1.71. The zero-order valence-electron chi connectivity index (χ0n) is 17.0. The minimum Gasteiger partial charge on any atom is -0.490 e. The molecule has 2 aromatic rings. The summed E-state index contributed by atoms with van der Waals surface area (Å²) in [5.41, 5.74) is 3.07. The van der Waals surface area contributed by atoms with E-state index in [0.29, 0.717) is 26.3 Å². The summed E-state index contributed by atoms with van der Waals surface area (Å²) in [6, 6.07) is 7.20. The number of amides is 1. The Kier molecular flexibility index (Phi) is 6.39. The van der Waals surface area contributed by atoms with Crippen LogP contribution in [0.25, 0.3) is 0 Å². The molecule has 1 aliphatic heterocycles. The highest BCUT2D eigenvalue weighted by Gasteiger charge is 2.32. The molecule has 2 unspecified atom stereocenters. The average Bonchev–Trinajstić information content (AvgIpc) is 2.79. The zero-order valence-corrected chi connectivity index (χ0v) is 17.0. The van der Waals surface area contributed by atoms with Crippen LogP contribution < -0.4 is 10.6 Å². The van der Waals surface area contributed by atoms with Crippen LogP contribution >= 0.6 is 0 Å². The fourth-order valence-electron chi connectivity index (χ4n) is 3.68. The van der Waals surface area contributed by atoms with Gasteiger partial charge in [-0.2, -0.15) is 0 Å². The Morgan fingerprint density at radius 3 is 2.37 bits per heavy atom. The Labute approximate surface area is 176 Å². The van der Waals surface area contributed by atoms with Crippen molar-refractivity contribution < 1.29 is 14.3 Å². The molecule has 0 radical (unpaired) electrons. The molecule has 0 bridgehead atoms. The molecule has 0 spiro atoms. The first-order valence-corrected chi connectivity index (χ1v) is 10.2. The van der Waals surface area contributed by atoms with Gasteiger partial charge in [0.1, 0.15) is 25.0 Å². The van der Waals surface area contributed by atoms with Gasteiger partial charge in [-0.05, 0) is 53.0 Å². The second kappa shape index (κ2) is 9.54. The number of hydrogen-bond acceptors (Lipinski definition) is 6. The van der Waals surface area contributed by atoms with Crippen LogP contribution in [0, 0.1) is 5.92 Å². The van der Waals surface area contributed by atoms with Crippen LogP contribution in [0.1, 0.15) is 24.5 Å². The SMILES string of the molecule is CC1CC2=C(C=C1C(NCc1ccncc1)C(=O)NCc1ccncc1)OCCO2. The average molecular weight is 406 g/mol. The summed E-state index contributed by atoms with van der Waals surface area (Å²) in [6.07, 6.45) is 9.65. The van der Waals surface area contributed by atoms with E-state index < -0.39 is 6.04 Å². The fraction of sp³-hybridized carbons (Fsp3) is 0.348. The Hall–Kier alpha value is -3.19. The van der Waals surface area contributed by atoms with Crippen LogP contribution in [0.15, 0.2) is 72.2 Å². The Bertz CT molecular complexity index is 928. The van der Waals surface area contributed by atoms with Crippen LogP contribution in [0.4, 0.5) is 0 Å². The van der Waals surface area contributed by atoms with Crippen LogP contribution in [-0.2, 0) is 27.4 Å². The monoisotopic (exact) mass is 406 g/mol. The first-order chi connectivity index (χ1) is 14.7. The molecule has 4 rings (SSSR count). The van der Waals surface area contributed by atoms with Crippen molar-refractivity contribution in [2.45, 2.75) is 32.5 Å². The molecule has 30 heavy (non-hydrogen) atoms. The van der Waals surface area contributed by atoms with Crippen LogP contribution in [-0.4, -0.2) is 35.1 Å². The van der Waals surface area contributed by atoms with E-state index in [4.69, 9.17) is 9.47 Å². The molecule has 7 heteroatoms. The van der Waals surface area contributed by atoms with Crippen molar-refractivity contribution in [3.05, 3.63) is 83.3 Å².